The summed E-state index contributed by atoms with van der Waals surface area (Å²) in [5.41, 5.74) is 4.04. The summed E-state index contributed by atoms with van der Waals surface area (Å²) in [5, 5.41) is 5.19. The van der Waals surface area contributed by atoms with Crippen LogP contribution in [0, 0.1) is 23.2 Å². The van der Waals surface area contributed by atoms with E-state index in [0.717, 1.165) is 63.6 Å². The van der Waals surface area contributed by atoms with Gasteiger partial charge in [0.1, 0.15) is 0 Å². The third kappa shape index (κ3) is 3.29. The highest BCUT2D eigenvalue weighted by Crippen LogP contribution is 2.63. The molecule has 5 heterocycles. The van der Waals surface area contributed by atoms with Gasteiger partial charge in [0.25, 0.3) is 0 Å². The molecule has 1 saturated carbocycles. The monoisotopic (exact) mass is 518 g/mol. The first-order valence-electron chi connectivity index (χ1n) is 12.5. The normalized spacial score (nSPS) is 23.0. The Morgan fingerprint density at radius 2 is 1.89 bits per heavy atom. The summed E-state index contributed by atoms with van der Waals surface area (Å²) in [4.78, 5) is 32.8. The molecule has 6 nitrogen and oxygen atoms in total. The van der Waals surface area contributed by atoms with Gasteiger partial charge in [0.15, 0.2) is 0 Å². The van der Waals surface area contributed by atoms with Crippen LogP contribution in [0.1, 0.15) is 25.1 Å². The van der Waals surface area contributed by atoms with Gasteiger partial charge in [-0.15, -0.1) is 11.3 Å². The third-order valence-electron chi connectivity index (χ3n) is 8.43. The van der Waals surface area contributed by atoms with Gasteiger partial charge in [-0.05, 0) is 61.2 Å². The number of hydrogen-bond acceptors (Lipinski definition) is 5. The Hall–Kier alpha value is -2.74. The topological polar surface area (TPSA) is 67.2 Å². The van der Waals surface area contributed by atoms with Gasteiger partial charge in [-0.1, -0.05) is 25.4 Å². The number of imide groups is 1. The number of piperidine rings is 1. The van der Waals surface area contributed by atoms with Crippen molar-refractivity contribution in [1.82, 2.24) is 19.8 Å². The number of halogens is 1. The average molecular weight is 519 g/mol. The number of thiophene rings is 1. The number of fused-ring (bicyclic) bond motifs is 3. The van der Waals surface area contributed by atoms with Crippen LogP contribution in [0.4, 0.5) is 0 Å². The molecule has 1 aromatic carbocycles. The number of hydrogen-bond donors (Lipinski definition) is 1. The summed E-state index contributed by atoms with van der Waals surface area (Å²) in [5.74, 6) is 0.360. The lowest BCUT2D eigenvalue weighted by molar-refractivity contribution is -0.143. The van der Waals surface area contributed by atoms with Gasteiger partial charge >= 0.3 is 0 Å². The number of carbonyl (C=O) groups is 2. The molecule has 1 N–H and O–H groups in total. The van der Waals surface area contributed by atoms with Crippen LogP contribution in [0.3, 0.4) is 0 Å². The highest BCUT2D eigenvalue weighted by Gasteiger charge is 2.72. The molecule has 3 aliphatic rings. The van der Waals surface area contributed by atoms with Crippen LogP contribution in [0.5, 0.6) is 0 Å². The smallest absolute Gasteiger partial charge is 0.234 e. The van der Waals surface area contributed by atoms with E-state index < -0.39 is 0 Å². The molecule has 36 heavy (non-hydrogen) atoms. The summed E-state index contributed by atoms with van der Waals surface area (Å²) in [6, 6.07) is 10.3. The predicted octanol–water partition coefficient (Wildman–Crippen LogP) is 5.32. The van der Waals surface area contributed by atoms with Crippen molar-refractivity contribution in [1.29, 1.82) is 0 Å². The van der Waals surface area contributed by atoms with E-state index in [-0.39, 0.29) is 29.1 Å². The van der Waals surface area contributed by atoms with Gasteiger partial charge < -0.3 is 9.88 Å². The minimum Gasteiger partial charge on any atom is -0.347 e. The van der Waals surface area contributed by atoms with Gasteiger partial charge in [0.2, 0.25) is 11.8 Å². The first kappa shape index (κ1) is 22.5. The van der Waals surface area contributed by atoms with Crippen LogP contribution >= 0.6 is 22.9 Å². The standard InChI is InChI=1S/C28H27ClN4O2S/c1-28(2)22-23(28)27(35)33(26(22)34)14-18-11-21-25(36-18)19(3-6-31-21)20-10-17(29)9-16-5-8-32(24(16)20)7-4-15-12-30-13-15/h3,5-6,8-11,15,22-23,30H,4,7,12-14H2,1-2H3. The van der Waals surface area contributed by atoms with Crippen molar-refractivity contribution in [2.45, 2.75) is 33.4 Å². The van der Waals surface area contributed by atoms with E-state index in [4.69, 9.17) is 11.6 Å². The zero-order valence-electron chi connectivity index (χ0n) is 20.3. The molecule has 7 rings (SSSR count). The minimum atomic E-state index is -0.193. The molecular formula is C28H27ClN4O2S. The number of rotatable bonds is 6. The van der Waals surface area contributed by atoms with E-state index in [1.807, 2.05) is 44.3 Å². The van der Waals surface area contributed by atoms with E-state index in [1.54, 1.807) is 11.3 Å². The molecule has 8 heteroatoms. The Labute approximate surface area is 218 Å². The fourth-order valence-electron chi connectivity index (χ4n) is 6.17. The number of amides is 2. The predicted molar refractivity (Wildman–Crippen MR) is 143 cm³/mol. The van der Waals surface area contributed by atoms with Crippen LogP contribution in [-0.4, -0.2) is 39.4 Å². The van der Waals surface area contributed by atoms with Gasteiger partial charge in [-0.25, -0.2) is 0 Å². The lowest BCUT2D eigenvalue weighted by atomic mass is 9.99. The third-order valence-corrected chi connectivity index (χ3v) is 9.79. The minimum absolute atomic E-state index is 0.0309. The average Bonchev–Trinajstić information content (AvgIpc) is 3.16. The molecule has 2 unspecified atom stereocenters. The Morgan fingerprint density at radius 3 is 2.61 bits per heavy atom. The maximum absolute atomic E-state index is 12.9. The summed E-state index contributed by atoms with van der Waals surface area (Å²) < 4.78 is 3.40. The van der Waals surface area contributed by atoms with E-state index in [9.17, 15) is 9.59 Å². The highest BCUT2D eigenvalue weighted by atomic mass is 35.5. The largest absolute Gasteiger partial charge is 0.347 e. The quantitative estimate of drug-likeness (QED) is 0.351. The molecule has 0 spiro atoms. The second-order valence-corrected chi connectivity index (χ2v) is 12.6. The molecule has 3 fully saturated rings. The molecular weight excluding hydrogens is 492 g/mol. The molecule has 3 aromatic heterocycles. The van der Waals surface area contributed by atoms with Crippen molar-refractivity contribution in [2.24, 2.45) is 23.2 Å². The van der Waals surface area contributed by atoms with Crippen molar-refractivity contribution in [2.75, 3.05) is 13.1 Å². The second-order valence-electron chi connectivity index (χ2n) is 11.0. The fourth-order valence-corrected chi connectivity index (χ4v) is 7.53. The number of carbonyl (C=O) groups excluding carboxylic acids is 2. The zero-order valence-corrected chi connectivity index (χ0v) is 21.8. The van der Waals surface area contributed by atoms with E-state index in [0.29, 0.717) is 11.6 Å². The number of pyridine rings is 1. The number of benzene rings is 1. The molecule has 1 aliphatic carbocycles. The van der Waals surface area contributed by atoms with E-state index in [1.165, 1.54) is 10.4 Å². The Balaban J connectivity index is 1.26. The fraction of sp³-hybridized carbons (Fsp3) is 0.393. The summed E-state index contributed by atoms with van der Waals surface area (Å²) >= 11 is 8.18. The van der Waals surface area contributed by atoms with Crippen molar-refractivity contribution in [3.63, 3.8) is 0 Å². The molecule has 2 atom stereocenters. The number of aromatic nitrogens is 2. The van der Waals surface area contributed by atoms with Crippen molar-refractivity contribution in [3.8, 4) is 11.1 Å². The number of nitrogens with one attached hydrogen (secondary N) is 1. The van der Waals surface area contributed by atoms with Crippen LogP contribution in [0.2, 0.25) is 5.02 Å². The molecule has 2 saturated heterocycles. The molecule has 0 bridgehead atoms. The Bertz CT molecular complexity index is 1540. The maximum atomic E-state index is 12.9. The second kappa shape index (κ2) is 7.88. The highest BCUT2D eigenvalue weighted by molar-refractivity contribution is 7.19. The van der Waals surface area contributed by atoms with Crippen LogP contribution < -0.4 is 5.32 Å². The van der Waals surface area contributed by atoms with Gasteiger partial charge in [0.05, 0.1) is 34.1 Å². The maximum Gasteiger partial charge on any atom is 0.234 e. The number of nitrogens with zero attached hydrogens (tertiary/aromatic N) is 3. The van der Waals surface area contributed by atoms with Crippen molar-refractivity contribution in [3.05, 3.63) is 52.6 Å². The van der Waals surface area contributed by atoms with Gasteiger partial charge in [-0.2, -0.15) is 0 Å². The van der Waals surface area contributed by atoms with Crippen molar-refractivity contribution >= 4 is 55.9 Å². The Kier molecular flexibility index (Phi) is 4.91. The summed E-state index contributed by atoms with van der Waals surface area (Å²) in [6.45, 7) is 7.50. The van der Waals surface area contributed by atoms with E-state index in [2.05, 4.69) is 27.1 Å². The first-order chi connectivity index (χ1) is 17.3. The van der Waals surface area contributed by atoms with Gasteiger partial charge in [0, 0.05) is 45.4 Å². The lowest BCUT2D eigenvalue weighted by Gasteiger charge is -2.27. The van der Waals surface area contributed by atoms with Crippen molar-refractivity contribution < 1.29 is 9.59 Å². The lowest BCUT2D eigenvalue weighted by Crippen LogP contribution is -2.42. The number of likely N-dealkylation sites (tertiary alicyclic amines) is 1. The van der Waals surface area contributed by atoms with Gasteiger partial charge in [-0.3, -0.25) is 19.5 Å². The first-order valence-corrected chi connectivity index (χ1v) is 13.7. The molecule has 4 aromatic rings. The molecule has 184 valence electrons. The summed E-state index contributed by atoms with van der Waals surface area (Å²) in [6.07, 6.45) is 5.13. The molecule has 0 radical (unpaired) electrons. The van der Waals surface area contributed by atoms with E-state index >= 15 is 0 Å². The molecule has 2 amide bonds. The van der Waals surface area contributed by atoms with Crippen LogP contribution in [0.25, 0.3) is 32.2 Å². The Morgan fingerprint density at radius 1 is 1.11 bits per heavy atom. The van der Waals surface area contributed by atoms with Crippen LogP contribution in [0.15, 0.2) is 42.7 Å². The summed E-state index contributed by atoms with van der Waals surface area (Å²) in [7, 11) is 0. The molecule has 2 aliphatic heterocycles. The zero-order chi connectivity index (χ0) is 24.8. The van der Waals surface area contributed by atoms with Crippen LogP contribution in [-0.2, 0) is 22.7 Å². The SMILES string of the molecule is CC1(C)C2C(=O)N(Cc3cc4nccc(-c5cc(Cl)cc6ccn(CCC7CNC7)c56)c4s3)C(=O)C21. The number of aryl methyl sites for hydroxylation is 1.